The van der Waals surface area contributed by atoms with Gasteiger partial charge in [-0.3, -0.25) is 9.59 Å². The molecule has 9 heteroatoms. The molecule has 172 valence electrons. The maximum Gasteiger partial charge on any atom is 0.241 e. The summed E-state index contributed by atoms with van der Waals surface area (Å²) >= 11 is 0. The first-order valence-electron chi connectivity index (χ1n) is 10.4. The zero-order valence-corrected chi connectivity index (χ0v) is 19.3. The summed E-state index contributed by atoms with van der Waals surface area (Å²) in [6.45, 7) is 6.60. The molecule has 8 nitrogen and oxygen atoms in total. The number of aliphatic hydroxyl groups is 1. The third-order valence-corrected chi connectivity index (χ3v) is 6.77. The lowest BCUT2D eigenvalue weighted by Crippen LogP contribution is -2.53. The number of aliphatic hydroxyl groups excluding tert-OH is 1. The maximum absolute atomic E-state index is 13.1. The third-order valence-electron chi connectivity index (χ3n) is 5.31. The molecule has 32 heavy (non-hydrogen) atoms. The number of sulfonamides is 1. The molecule has 3 N–H and O–H groups in total. The summed E-state index contributed by atoms with van der Waals surface area (Å²) < 4.78 is 34.7. The average Bonchev–Trinajstić information content (AvgIpc) is 2.71. The van der Waals surface area contributed by atoms with Gasteiger partial charge in [0.15, 0.2) is 5.78 Å². The number of hydrogen-bond acceptors (Lipinski definition) is 6. The van der Waals surface area contributed by atoms with E-state index < -0.39 is 27.8 Å². The number of amides is 1. The Morgan fingerprint density at radius 3 is 2.38 bits per heavy atom. The summed E-state index contributed by atoms with van der Waals surface area (Å²) in [5, 5.41) is 13.5. The highest BCUT2D eigenvalue weighted by Crippen LogP contribution is 2.41. The highest BCUT2D eigenvalue weighted by molar-refractivity contribution is 7.89. The van der Waals surface area contributed by atoms with Crippen LogP contribution in [0.3, 0.4) is 0 Å². The summed E-state index contributed by atoms with van der Waals surface area (Å²) in [7, 11) is -4.04. The van der Waals surface area contributed by atoms with E-state index in [-0.39, 0.29) is 16.6 Å². The monoisotopic (exact) mass is 460 g/mol. The lowest BCUT2D eigenvalue weighted by atomic mass is 9.86. The van der Waals surface area contributed by atoms with Crippen molar-refractivity contribution < 1.29 is 27.9 Å². The van der Waals surface area contributed by atoms with Crippen LogP contribution >= 0.6 is 0 Å². The Morgan fingerprint density at radius 2 is 1.78 bits per heavy atom. The van der Waals surface area contributed by atoms with E-state index in [1.165, 1.54) is 31.2 Å². The molecule has 1 aliphatic heterocycles. The van der Waals surface area contributed by atoms with E-state index in [9.17, 15) is 23.1 Å². The van der Waals surface area contributed by atoms with Crippen LogP contribution < -0.4 is 14.8 Å². The largest absolute Gasteiger partial charge is 0.485 e. The van der Waals surface area contributed by atoms with Gasteiger partial charge in [-0.25, -0.2) is 13.1 Å². The van der Waals surface area contributed by atoms with E-state index in [1.807, 2.05) is 6.92 Å². The smallest absolute Gasteiger partial charge is 0.241 e. The molecular weight excluding hydrogens is 432 g/mol. The molecule has 0 fully saturated rings. The van der Waals surface area contributed by atoms with Gasteiger partial charge in [0, 0.05) is 30.2 Å². The molecule has 0 aliphatic carbocycles. The average molecular weight is 461 g/mol. The van der Waals surface area contributed by atoms with Crippen molar-refractivity contribution in [1.29, 1.82) is 0 Å². The summed E-state index contributed by atoms with van der Waals surface area (Å²) in [4.78, 5) is 23.5. The summed E-state index contributed by atoms with van der Waals surface area (Å²) in [6, 6.07) is 9.54. The molecule has 1 aliphatic rings. The van der Waals surface area contributed by atoms with Crippen molar-refractivity contribution in [2.24, 2.45) is 0 Å². The SMILES string of the molecule is CCCC(=O)c1ccc2c(c1)[C@@H](NS(=O)(=O)c1ccc(NC(C)=O)cc1)[C@H](O)C(C)(C)O2. The van der Waals surface area contributed by atoms with Crippen LogP contribution in [0.25, 0.3) is 0 Å². The standard InChI is InChI=1S/C23H28N2O6S/c1-5-6-19(27)15-7-12-20-18(13-15)21(22(28)23(3,4)31-20)25-32(29,30)17-10-8-16(9-11-17)24-14(2)26/h7-13,21-22,25,28H,5-6H2,1-4H3,(H,24,26)/t21-,22+/m1/s1. The minimum Gasteiger partial charge on any atom is -0.485 e. The molecule has 1 amide bonds. The van der Waals surface area contributed by atoms with E-state index in [4.69, 9.17) is 4.74 Å². The van der Waals surface area contributed by atoms with Crippen LogP contribution in [-0.2, 0) is 14.8 Å². The zero-order chi connectivity index (χ0) is 23.7. The molecule has 0 aromatic heterocycles. The number of ketones is 1. The number of carbonyl (C=O) groups is 2. The third kappa shape index (κ3) is 5.01. The number of Topliss-reactive ketones (excluding diaryl/α,β-unsaturated/α-hetero) is 1. The Balaban J connectivity index is 1.97. The van der Waals surface area contributed by atoms with Gasteiger partial charge in [-0.05, 0) is 62.7 Å². The second-order valence-electron chi connectivity index (χ2n) is 8.38. The zero-order valence-electron chi connectivity index (χ0n) is 18.5. The van der Waals surface area contributed by atoms with Crippen LogP contribution in [0.5, 0.6) is 5.75 Å². The number of anilines is 1. The van der Waals surface area contributed by atoms with E-state index in [0.717, 1.165) is 0 Å². The molecule has 2 atom stereocenters. The highest BCUT2D eigenvalue weighted by Gasteiger charge is 2.44. The summed E-state index contributed by atoms with van der Waals surface area (Å²) in [5.74, 6) is 0.0724. The topological polar surface area (TPSA) is 122 Å². The van der Waals surface area contributed by atoms with Crippen molar-refractivity contribution in [3.05, 3.63) is 53.6 Å². The normalized spacial score (nSPS) is 19.5. The van der Waals surface area contributed by atoms with E-state index >= 15 is 0 Å². The predicted octanol–water partition coefficient (Wildman–Crippen LogP) is 3.18. The van der Waals surface area contributed by atoms with Gasteiger partial charge in [0.25, 0.3) is 0 Å². The van der Waals surface area contributed by atoms with Crippen molar-refractivity contribution in [3.8, 4) is 5.75 Å². The maximum atomic E-state index is 13.1. The van der Waals surface area contributed by atoms with Gasteiger partial charge in [0.2, 0.25) is 15.9 Å². The lowest BCUT2D eigenvalue weighted by molar-refractivity contribution is -0.114. The number of rotatable bonds is 7. The highest BCUT2D eigenvalue weighted by atomic mass is 32.2. The van der Waals surface area contributed by atoms with Crippen molar-refractivity contribution in [2.45, 2.75) is 63.2 Å². The molecule has 0 saturated carbocycles. The van der Waals surface area contributed by atoms with Gasteiger partial charge in [0.1, 0.15) is 17.5 Å². The molecule has 2 aromatic carbocycles. The van der Waals surface area contributed by atoms with Crippen LogP contribution in [0, 0.1) is 0 Å². The number of ether oxygens (including phenoxy) is 1. The Kier molecular flexibility index (Phi) is 6.73. The first-order valence-corrected chi connectivity index (χ1v) is 11.9. The fraction of sp³-hybridized carbons (Fsp3) is 0.391. The summed E-state index contributed by atoms with van der Waals surface area (Å²) in [5.41, 5.74) is 0.236. The van der Waals surface area contributed by atoms with Crippen molar-refractivity contribution in [1.82, 2.24) is 4.72 Å². The molecule has 1 heterocycles. The van der Waals surface area contributed by atoms with Gasteiger partial charge in [-0.2, -0.15) is 0 Å². The van der Waals surface area contributed by atoms with Crippen molar-refractivity contribution in [2.75, 3.05) is 5.32 Å². The lowest BCUT2D eigenvalue weighted by Gasteiger charge is -2.42. The minimum atomic E-state index is -4.04. The molecule has 0 bridgehead atoms. The molecular formula is C23H28N2O6S. The minimum absolute atomic E-state index is 0.0251. The van der Waals surface area contributed by atoms with Gasteiger partial charge in [0.05, 0.1) is 10.9 Å². The van der Waals surface area contributed by atoms with E-state index in [0.29, 0.717) is 35.4 Å². The number of fused-ring (bicyclic) bond motifs is 1. The van der Waals surface area contributed by atoms with Crippen LogP contribution in [-0.4, -0.2) is 36.9 Å². The molecule has 2 aromatic rings. The summed E-state index contributed by atoms with van der Waals surface area (Å²) in [6.07, 6.45) is -0.155. The van der Waals surface area contributed by atoms with Crippen LogP contribution in [0.15, 0.2) is 47.4 Å². The Labute approximate surface area is 188 Å². The second-order valence-corrected chi connectivity index (χ2v) is 10.1. The van der Waals surface area contributed by atoms with Gasteiger partial charge >= 0.3 is 0 Å². The van der Waals surface area contributed by atoms with Gasteiger partial charge in [-0.15, -0.1) is 0 Å². The quantitative estimate of drug-likeness (QED) is 0.546. The van der Waals surface area contributed by atoms with E-state index in [2.05, 4.69) is 10.0 Å². The van der Waals surface area contributed by atoms with Crippen molar-refractivity contribution in [3.63, 3.8) is 0 Å². The van der Waals surface area contributed by atoms with Gasteiger partial charge in [-0.1, -0.05) is 6.92 Å². The van der Waals surface area contributed by atoms with Gasteiger partial charge < -0.3 is 15.2 Å². The Morgan fingerprint density at radius 1 is 1.12 bits per heavy atom. The van der Waals surface area contributed by atoms with E-state index in [1.54, 1.807) is 32.0 Å². The molecule has 0 radical (unpaired) electrons. The molecule has 0 unspecified atom stereocenters. The fourth-order valence-corrected chi connectivity index (χ4v) is 4.85. The van der Waals surface area contributed by atoms with Crippen LogP contribution in [0.2, 0.25) is 0 Å². The molecule has 0 saturated heterocycles. The fourth-order valence-electron chi connectivity index (χ4n) is 3.63. The Hall–Kier alpha value is -2.75. The van der Waals surface area contributed by atoms with Crippen molar-refractivity contribution >= 4 is 27.4 Å². The second kappa shape index (κ2) is 9.01. The number of benzene rings is 2. The molecule has 3 rings (SSSR count). The van der Waals surface area contributed by atoms with Crippen LogP contribution in [0.1, 0.15) is 62.5 Å². The van der Waals surface area contributed by atoms with Crippen LogP contribution in [0.4, 0.5) is 5.69 Å². The number of nitrogens with one attached hydrogen (secondary N) is 2. The number of carbonyl (C=O) groups excluding carboxylic acids is 2. The number of hydrogen-bond donors (Lipinski definition) is 3. The Bertz CT molecular complexity index is 1130. The predicted molar refractivity (Wildman–Crippen MR) is 120 cm³/mol. The first-order chi connectivity index (χ1) is 14.9. The molecule has 0 spiro atoms. The first kappa shape index (κ1) is 23.9.